The second-order valence-corrected chi connectivity index (χ2v) is 9.32. The molecule has 31 heavy (non-hydrogen) atoms. The number of carbonyl (C=O) groups excluding carboxylic acids is 1. The fraction of sp³-hybridized carbons (Fsp3) is 0.429. The van der Waals surface area contributed by atoms with Gasteiger partial charge < -0.3 is 10.6 Å². The summed E-state index contributed by atoms with van der Waals surface area (Å²) < 4.78 is 28.5. The van der Waals surface area contributed by atoms with Gasteiger partial charge in [0.15, 0.2) is 10.8 Å². The van der Waals surface area contributed by atoms with Gasteiger partial charge in [0.25, 0.3) is 5.91 Å². The topological polar surface area (TPSA) is 84.7 Å². The van der Waals surface area contributed by atoms with E-state index in [4.69, 9.17) is 0 Å². The molecule has 0 spiro atoms. The van der Waals surface area contributed by atoms with Crippen LogP contribution in [0.1, 0.15) is 38.1 Å². The van der Waals surface area contributed by atoms with Gasteiger partial charge in [0.1, 0.15) is 17.5 Å². The Kier molecular flexibility index (Phi) is 7.42. The van der Waals surface area contributed by atoms with Gasteiger partial charge >= 0.3 is 0 Å². The zero-order valence-corrected chi connectivity index (χ0v) is 18.8. The van der Waals surface area contributed by atoms with E-state index in [1.54, 1.807) is 22.6 Å². The Labute approximate surface area is 184 Å². The predicted octanol–water partition coefficient (Wildman–Crippen LogP) is 4.10. The van der Waals surface area contributed by atoms with Crippen molar-refractivity contribution in [3.05, 3.63) is 41.6 Å². The Hall–Kier alpha value is -2.75. The van der Waals surface area contributed by atoms with Crippen molar-refractivity contribution in [2.45, 2.75) is 44.6 Å². The molecule has 0 atom stereocenters. The van der Waals surface area contributed by atoms with Gasteiger partial charge in [0.2, 0.25) is 0 Å². The predicted molar refractivity (Wildman–Crippen MR) is 118 cm³/mol. The number of carbonyl (C=O) groups is 1. The standard InChI is InChI=1S/C21H26F2N6OS/c1-12(2)10-25-18-16-11-26-29(19(16)28-21(27-18)31-13(3)4)8-7-24-20(30)15-6-5-14(22)9-17(15)23/h5-6,9,11-13H,7-8,10H2,1-4H3,(H,24,30)(H,25,27,28). The molecule has 0 aliphatic carbocycles. The van der Waals surface area contributed by atoms with Gasteiger partial charge in [0, 0.05) is 24.4 Å². The zero-order chi connectivity index (χ0) is 22.5. The van der Waals surface area contributed by atoms with Crippen LogP contribution in [0, 0.1) is 17.6 Å². The SMILES string of the molecule is CC(C)CNc1nc(SC(C)C)nc2c1cnn2CCNC(=O)c1ccc(F)cc1F. The normalized spacial score (nSPS) is 11.5. The molecule has 2 aromatic heterocycles. The maximum atomic E-state index is 13.8. The summed E-state index contributed by atoms with van der Waals surface area (Å²) in [6, 6.07) is 2.86. The lowest BCUT2D eigenvalue weighted by Gasteiger charge is -2.12. The lowest BCUT2D eigenvalue weighted by Crippen LogP contribution is -2.28. The van der Waals surface area contributed by atoms with E-state index in [1.165, 1.54) is 0 Å². The maximum Gasteiger partial charge on any atom is 0.254 e. The third-order valence-electron chi connectivity index (χ3n) is 4.28. The average molecular weight is 449 g/mol. The van der Waals surface area contributed by atoms with Crippen molar-refractivity contribution in [2.75, 3.05) is 18.4 Å². The lowest BCUT2D eigenvalue weighted by molar-refractivity contribution is 0.0948. The third kappa shape index (κ3) is 5.90. The summed E-state index contributed by atoms with van der Waals surface area (Å²) in [5.41, 5.74) is 0.455. The van der Waals surface area contributed by atoms with Crippen molar-refractivity contribution >= 4 is 34.5 Å². The Morgan fingerprint density at radius 3 is 2.65 bits per heavy atom. The molecule has 0 saturated carbocycles. The first-order valence-corrected chi connectivity index (χ1v) is 11.0. The molecule has 0 aliphatic rings. The average Bonchev–Trinajstić information content (AvgIpc) is 3.08. The van der Waals surface area contributed by atoms with Crippen LogP contribution in [0.25, 0.3) is 11.0 Å². The number of rotatable bonds is 9. The molecular weight excluding hydrogens is 422 g/mol. The first-order valence-electron chi connectivity index (χ1n) is 10.1. The molecule has 166 valence electrons. The highest BCUT2D eigenvalue weighted by Crippen LogP contribution is 2.26. The largest absolute Gasteiger partial charge is 0.369 e. The number of nitrogens with zero attached hydrogens (tertiary/aromatic N) is 4. The minimum absolute atomic E-state index is 0.204. The van der Waals surface area contributed by atoms with E-state index in [-0.39, 0.29) is 12.1 Å². The smallest absolute Gasteiger partial charge is 0.254 e. The van der Waals surface area contributed by atoms with Crippen molar-refractivity contribution in [3.63, 3.8) is 0 Å². The highest BCUT2D eigenvalue weighted by atomic mass is 32.2. The number of halogens is 2. The van der Waals surface area contributed by atoms with Crippen LogP contribution in [0.5, 0.6) is 0 Å². The lowest BCUT2D eigenvalue weighted by atomic mass is 10.2. The summed E-state index contributed by atoms with van der Waals surface area (Å²) in [6.07, 6.45) is 1.70. The molecule has 3 aromatic rings. The van der Waals surface area contributed by atoms with E-state index in [0.717, 1.165) is 29.9 Å². The first-order chi connectivity index (χ1) is 14.7. The van der Waals surface area contributed by atoms with Crippen molar-refractivity contribution in [3.8, 4) is 0 Å². The number of amides is 1. The molecule has 1 aromatic carbocycles. The van der Waals surface area contributed by atoms with Gasteiger partial charge in [-0.1, -0.05) is 39.5 Å². The van der Waals surface area contributed by atoms with Crippen LogP contribution >= 0.6 is 11.8 Å². The van der Waals surface area contributed by atoms with E-state index in [9.17, 15) is 13.6 Å². The van der Waals surface area contributed by atoms with Crippen LogP contribution in [-0.4, -0.2) is 44.0 Å². The van der Waals surface area contributed by atoms with Crippen LogP contribution in [0.15, 0.2) is 29.6 Å². The Morgan fingerprint density at radius 2 is 1.97 bits per heavy atom. The van der Waals surface area contributed by atoms with Gasteiger partial charge in [0.05, 0.1) is 23.7 Å². The van der Waals surface area contributed by atoms with E-state index in [2.05, 4.69) is 53.4 Å². The molecule has 0 radical (unpaired) electrons. The monoisotopic (exact) mass is 448 g/mol. The van der Waals surface area contributed by atoms with Crippen LogP contribution in [-0.2, 0) is 6.54 Å². The second kappa shape index (κ2) is 10.0. The minimum Gasteiger partial charge on any atom is -0.369 e. The fourth-order valence-electron chi connectivity index (χ4n) is 2.84. The highest BCUT2D eigenvalue weighted by Gasteiger charge is 2.16. The molecule has 0 bridgehead atoms. The number of nitrogens with one attached hydrogen (secondary N) is 2. The summed E-state index contributed by atoms with van der Waals surface area (Å²) in [7, 11) is 0. The summed E-state index contributed by atoms with van der Waals surface area (Å²) in [5, 5.41) is 12.1. The highest BCUT2D eigenvalue weighted by molar-refractivity contribution is 7.99. The van der Waals surface area contributed by atoms with Crippen molar-refractivity contribution in [2.24, 2.45) is 5.92 Å². The van der Waals surface area contributed by atoms with Crippen LogP contribution in [0.4, 0.5) is 14.6 Å². The quantitative estimate of drug-likeness (QED) is 0.379. The molecule has 0 unspecified atom stereocenters. The van der Waals surface area contributed by atoms with Crippen LogP contribution in [0.3, 0.4) is 0 Å². The first kappa shape index (κ1) is 22.9. The third-order valence-corrected chi connectivity index (χ3v) is 5.14. The summed E-state index contributed by atoms with van der Waals surface area (Å²) in [5.74, 6) is -1.06. The van der Waals surface area contributed by atoms with Gasteiger partial charge in [-0.05, 0) is 18.1 Å². The van der Waals surface area contributed by atoms with E-state index in [0.29, 0.717) is 34.6 Å². The number of benzene rings is 1. The molecule has 7 nitrogen and oxygen atoms in total. The number of anilines is 1. The second-order valence-electron chi connectivity index (χ2n) is 7.78. The van der Waals surface area contributed by atoms with Gasteiger partial charge in [-0.3, -0.25) is 4.79 Å². The zero-order valence-electron chi connectivity index (χ0n) is 17.9. The van der Waals surface area contributed by atoms with Gasteiger partial charge in [-0.25, -0.2) is 23.4 Å². The molecular formula is C21H26F2N6OS. The molecule has 10 heteroatoms. The maximum absolute atomic E-state index is 13.8. The number of aromatic nitrogens is 4. The summed E-state index contributed by atoms with van der Waals surface area (Å²) in [4.78, 5) is 21.5. The van der Waals surface area contributed by atoms with E-state index in [1.807, 2.05) is 0 Å². The fourth-order valence-corrected chi connectivity index (χ4v) is 3.55. The van der Waals surface area contributed by atoms with E-state index >= 15 is 0 Å². The summed E-state index contributed by atoms with van der Waals surface area (Å²) in [6.45, 7) is 9.68. The molecule has 2 heterocycles. The van der Waals surface area contributed by atoms with Crippen molar-refractivity contribution in [1.82, 2.24) is 25.1 Å². The minimum atomic E-state index is -0.897. The summed E-state index contributed by atoms with van der Waals surface area (Å²) >= 11 is 1.56. The van der Waals surface area contributed by atoms with Crippen LogP contribution in [0.2, 0.25) is 0 Å². The van der Waals surface area contributed by atoms with Gasteiger partial charge in [-0.15, -0.1) is 0 Å². The van der Waals surface area contributed by atoms with Crippen molar-refractivity contribution < 1.29 is 13.6 Å². The van der Waals surface area contributed by atoms with Crippen molar-refractivity contribution in [1.29, 1.82) is 0 Å². The molecule has 2 N–H and O–H groups in total. The molecule has 3 rings (SSSR count). The van der Waals surface area contributed by atoms with Crippen LogP contribution < -0.4 is 10.6 Å². The Bertz CT molecular complexity index is 1070. The Morgan fingerprint density at radius 1 is 1.19 bits per heavy atom. The molecule has 0 fully saturated rings. The molecule has 1 amide bonds. The molecule has 0 aliphatic heterocycles. The number of hydrogen-bond donors (Lipinski definition) is 2. The molecule has 0 saturated heterocycles. The Balaban J connectivity index is 1.76. The van der Waals surface area contributed by atoms with Gasteiger partial charge in [-0.2, -0.15) is 5.10 Å². The number of thioether (sulfide) groups is 1. The number of hydrogen-bond acceptors (Lipinski definition) is 6. The van der Waals surface area contributed by atoms with E-state index < -0.39 is 17.5 Å². The number of fused-ring (bicyclic) bond motifs is 1.